The summed E-state index contributed by atoms with van der Waals surface area (Å²) in [7, 11) is 0. The monoisotopic (exact) mass is 924 g/mol. The molecular weight excluding hydrogens is 902 g/mol. The van der Waals surface area contributed by atoms with E-state index < -0.39 is 0 Å². The Bertz CT molecular complexity index is 1060. The number of aliphatic hydroxyl groups excluding tert-OH is 2. The topological polar surface area (TPSA) is 47.6 Å². The van der Waals surface area contributed by atoms with Crippen LogP contribution in [0.3, 0.4) is 0 Å². The molecule has 31 heavy (non-hydrogen) atoms. The van der Waals surface area contributed by atoms with Gasteiger partial charge in [-0.1, -0.05) is 48.2 Å². The van der Waals surface area contributed by atoms with Gasteiger partial charge in [-0.15, -0.1) is 0 Å². The van der Waals surface area contributed by atoms with Crippen molar-refractivity contribution in [1.29, 1.82) is 0 Å². The fourth-order valence-corrected chi connectivity index (χ4v) is 4.60. The van der Waals surface area contributed by atoms with Gasteiger partial charge in [-0.3, -0.25) is 0 Å². The predicted octanol–water partition coefficient (Wildman–Crippen LogP) is 0.583. The Balaban J connectivity index is 0.00000160. The molecule has 2 N–H and O–H groups in total. The average molecular weight is 925 g/mol. The number of aromatic nitrogens is 1. The third-order valence-electron chi connectivity index (χ3n) is 4.77. The Morgan fingerprint density at radius 3 is 2.45 bits per heavy atom. The van der Waals surface area contributed by atoms with Gasteiger partial charge in [0.15, 0.2) is 12.7 Å². The van der Waals surface area contributed by atoms with E-state index in [1.54, 1.807) is 11.8 Å². The molecule has 3 aromatic rings. The molecular formula is C23H23Ac2BrN2O2S. The van der Waals surface area contributed by atoms with Crippen LogP contribution in [0.5, 0.6) is 0 Å². The maximum absolute atomic E-state index is 9.45. The predicted molar refractivity (Wildman–Crippen MR) is 115 cm³/mol. The number of hydrogen-bond donors (Lipinski definition) is 2. The molecule has 0 aliphatic carbocycles. The van der Waals surface area contributed by atoms with Gasteiger partial charge in [-0.2, -0.15) is 4.57 Å². The van der Waals surface area contributed by atoms with Gasteiger partial charge in [0.2, 0.25) is 5.52 Å². The number of nitrogens with zero attached hydrogens (tertiary/aromatic N) is 2. The number of anilines is 1. The van der Waals surface area contributed by atoms with E-state index in [2.05, 4.69) is 58.0 Å². The number of allylic oxidation sites excluding steroid dienone is 2. The summed E-state index contributed by atoms with van der Waals surface area (Å²) in [5, 5.41) is 21.0. The second-order valence-corrected chi connectivity index (χ2v) is 7.58. The van der Waals surface area contributed by atoms with Crippen LogP contribution in [0.25, 0.3) is 17.0 Å². The fourth-order valence-electron chi connectivity index (χ4n) is 3.50. The first-order valence-electron chi connectivity index (χ1n) is 9.37. The van der Waals surface area contributed by atoms with Crippen molar-refractivity contribution in [1.82, 2.24) is 0 Å². The number of fused-ring (bicyclic) bond motifs is 2. The van der Waals surface area contributed by atoms with Gasteiger partial charge in [-0.05, 0) is 29.8 Å². The van der Waals surface area contributed by atoms with Crippen molar-refractivity contribution in [2.75, 3.05) is 24.7 Å². The standard InChI is InChI=1S/C23H23N2O2S.2Ac.BrH/c26-16-14-24-13-12-18(19-7-1-2-8-20(19)24)6-5-11-23-25(15-17-27)21-9-3-4-10-22(21)28-23;;;/h1-13,26-27H,14-17H2;;;1H/q+1;;;/p-1. The van der Waals surface area contributed by atoms with Crippen LogP contribution in [-0.4, -0.2) is 30.0 Å². The summed E-state index contributed by atoms with van der Waals surface area (Å²) in [6.07, 6.45) is 8.30. The molecule has 0 saturated heterocycles. The number of halogens is 1. The van der Waals surface area contributed by atoms with Crippen molar-refractivity contribution in [3.63, 3.8) is 0 Å². The van der Waals surface area contributed by atoms with E-state index in [4.69, 9.17) is 0 Å². The van der Waals surface area contributed by atoms with E-state index in [0.717, 1.165) is 27.2 Å². The number of para-hydroxylation sites is 2. The summed E-state index contributed by atoms with van der Waals surface area (Å²) in [4.78, 5) is 3.37. The van der Waals surface area contributed by atoms with Crippen molar-refractivity contribution >= 4 is 34.4 Å². The number of pyridine rings is 1. The smallest absolute Gasteiger partial charge is 0.213 e. The molecule has 0 atom stereocenters. The van der Waals surface area contributed by atoms with Crippen molar-refractivity contribution in [2.45, 2.75) is 11.4 Å². The minimum absolute atomic E-state index is 0. The Kier molecular flexibility index (Phi) is 14.3. The first-order valence-corrected chi connectivity index (χ1v) is 10.2. The SMILES string of the molecule is OCCN1C(=CC=Cc2cc[n+](CCO)c3ccccc23)Sc2ccccc21.[Ac].[Ac].[Br-]. The largest absolute Gasteiger partial charge is 1.00 e. The Labute approximate surface area is 269 Å². The van der Waals surface area contributed by atoms with E-state index >= 15 is 0 Å². The summed E-state index contributed by atoms with van der Waals surface area (Å²) >= 11 is 1.72. The molecule has 1 aromatic heterocycles. The van der Waals surface area contributed by atoms with Crippen LogP contribution in [0, 0.1) is 88.1 Å². The van der Waals surface area contributed by atoms with Crippen LogP contribution in [0.4, 0.5) is 5.69 Å². The van der Waals surface area contributed by atoms with Crippen LogP contribution < -0.4 is 26.4 Å². The molecule has 0 saturated carbocycles. The van der Waals surface area contributed by atoms with Gasteiger partial charge < -0.3 is 32.1 Å². The van der Waals surface area contributed by atoms with Crippen molar-refractivity contribution in [3.8, 4) is 0 Å². The van der Waals surface area contributed by atoms with Crippen LogP contribution >= 0.6 is 11.8 Å². The number of rotatable bonds is 6. The molecule has 0 bridgehead atoms. The maximum Gasteiger partial charge on any atom is 0.213 e. The number of hydrogen-bond acceptors (Lipinski definition) is 4. The zero-order chi connectivity index (χ0) is 19.3. The van der Waals surface area contributed by atoms with E-state index in [0.29, 0.717) is 13.1 Å². The second kappa shape index (κ2) is 14.9. The molecule has 1 aliphatic rings. The zero-order valence-electron chi connectivity index (χ0n) is 17.1. The normalized spacial score (nSPS) is 13.6. The van der Waals surface area contributed by atoms with Gasteiger partial charge >= 0.3 is 0 Å². The number of aliphatic hydroxyl groups is 2. The van der Waals surface area contributed by atoms with Gasteiger partial charge in [0, 0.05) is 112 Å². The molecule has 2 aromatic carbocycles. The summed E-state index contributed by atoms with van der Waals surface area (Å²) in [5.74, 6) is 0. The molecule has 8 heteroatoms. The van der Waals surface area contributed by atoms with Gasteiger partial charge in [-0.25, -0.2) is 0 Å². The zero-order valence-corrected chi connectivity index (χ0v) is 29.0. The molecule has 2 radical (unpaired) electrons. The Morgan fingerprint density at radius 2 is 1.68 bits per heavy atom. The molecule has 0 fully saturated rings. The fraction of sp³-hybridized carbons (Fsp3) is 0.174. The summed E-state index contributed by atoms with van der Waals surface area (Å²) in [6, 6.07) is 18.6. The molecule has 0 spiro atoms. The molecule has 0 amide bonds. The van der Waals surface area contributed by atoms with Crippen molar-refractivity contribution in [2.24, 2.45) is 0 Å². The van der Waals surface area contributed by atoms with Gasteiger partial charge in [0.25, 0.3) is 0 Å². The Morgan fingerprint density at radius 1 is 0.935 bits per heavy atom. The van der Waals surface area contributed by atoms with E-state index in [-0.39, 0.29) is 118 Å². The number of benzene rings is 2. The second-order valence-electron chi connectivity index (χ2n) is 6.51. The van der Waals surface area contributed by atoms with Crippen LogP contribution in [0.15, 0.2) is 82.9 Å². The molecule has 156 valence electrons. The summed E-state index contributed by atoms with van der Waals surface area (Å²) < 4.78 is 2.07. The van der Waals surface area contributed by atoms with Crippen molar-refractivity contribution in [3.05, 3.63) is 83.5 Å². The summed E-state index contributed by atoms with van der Waals surface area (Å²) in [5.41, 5.74) is 3.39. The first-order chi connectivity index (χ1) is 13.8. The molecule has 4 nitrogen and oxygen atoms in total. The minimum Gasteiger partial charge on any atom is -1.00 e. The quantitative estimate of drug-likeness (QED) is 0.356. The number of β-amino-alcohol motifs (C(OH)–C–C–N with tert-alkyl or cyclic N) is 1. The van der Waals surface area contributed by atoms with E-state index in [9.17, 15) is 10.2 Å². The van der Waals surface area contributed by atoms with Crippen LogP contribution in [0.2, 0.25) is 0 Å². The molecule has 4 rings (SSSR count). The van der Waals surface area contributed by atoms with Crippen molar-refractivity contribution < 1.29 is 120 Å². The molecule has 1 aliphatic heterocycles. The van der Waals surface area contributed by atoms with E-state index in [1.165, 1.54) is 4.90 Å². The Hall–Kier alpha value is 0.763. The van der Waals surface area contributed by atoms with Crippen LogP contribution in [0.1, 0.15) is 5.56 Å². The minimum atomic E-state index is 0. The van der Waals surface area contributed by atoms with Gasteiger partial charge in [0.05, 0.1) is 22.7 Å². The molecule has 2 heterocycles. The number of thioether (sulfide) groups is 1. The average Bonchev–Trinajstić information content (AvgIpc) is 3.07. The third kappa shape index (κ3) is 7.13. The van der Waals surface area contributed by atoms with Gasteiger partial charge in [0.1, 0.15) is 6.61 Å². The summed E-state index contributed by atoms with van der Waals surface area (Å²) in [6.45, 7) is 1.40. The third-order valence-corrected chi connectivity index (χ3v) is 5.90. The first kappa shape index (κ1) is 29.8. The molecule has 0 unspecified atom stereocenters. The maximum atomic E-state index is 9.45. The van der Waals surface area contributed by atoms with Crippen LogP contribution in [-0.2, 0) is 6.54 Å². The van der Waals surface area contributed by atoms with E-state index in [1.807, 2.05) is 30.5 Å².